The molecule has 0 saturated heterocycles. The highest BCUT2D eigenvalue weighted by molar-refractivity contribution is 5.50. The first kappa shape index (κ1) is 11.3. The number of nitrogens with two attached hydrogens (primary N) is 1. The zero-order chi connectivity index (χ0) is 12.8. The molecule has 0 amide bonds. The topological polar surface area (TPSA) is 72.3 Å². The molecule has 0 aromatic carbocycles. The van der Waals surface area contributed by atoms with Crippen LogP contribution in [0.4, 0.5) is 0 Å². The molecular weight excluding hydrogens is 240 g/mol. The van der Waals surface area contributed by atoms with Crippen molar-refractivity contribution in [3.05, 3.63) is 23.7 Å². The third-order valence-electron chi connectivity index (χ3n) is 4.38. The summed E-state index contributed by atoms with van der Waals surface area (Å²) in [5, 5.41) is 8.73. The minimum atomic E-state index is 0.368. The predicted octanol–water partition coefficient (Wildman–Crippen LogP) is 0.710. The van der Waals surface area contributed by atoms with Gasteiger partial charge in [-0.25, -0.2) is 4.98 Å². The molecule has 2 unspecified atom stereocenters. The van der Waals surface area contributed by atoms with Crippen LogP contribution in [0.1, 0.15) is 36.9 Å². The molecule has 2 N–H and O–H groups in total. The van der Waals surface area contributed by atoms with E-state index in [9.17, 15) is 0 Å². The molecule has 6 heteroatoms. The van der Waals surface area contributed by atoms with Gasteiger partial charge in [0.15, 0.2) is 5.65 Å². The van der Waals surface area contributed by atoms with Crippen LogP contribution < -0.4 is 5.73 Å². The van der Waals surface area contributed by atoms with Crippen LogP contribution >= 0.6 is 0 Å². The Labute approximate surface area is 111 Å². The van der Waals surface area contributed by atoms with Gasteiger partial charge in [0.1, 0.15) is 0 Å². The number of hydrogen-bond donors (Lipinski definition) is 1. The molecule has 1 fully saturated rings. The van der Waals surface area contributed by atoms with Crippen LogP contribution in [0.25, 0.3) is 5.65 Å². The van der Waals surface area contributed by atoms with Gasteiger partial charge in [-0.05, 0) is 19.3 Å². The van der Waals surface area contributed by atoms with Crippen LogP contribution in [0.5, 0.6) is 0 Å². The summed E-state index contributed by atoms with van der Waals surface area (Å²) in [5.74, 6) is 0. The van der Waals surface area contributed by atoms with Crippen molar-refractivity contribution < 1.29 is 0 Å². The smallest absolute Gasteiger partial charge is 0.180 e. The van der Waals surface area contributed by atoms with E-state index in [4.69, 9.17) is 5.73 Å². The van der Waals surface area contributed by atoms with Gasteiger partial charge in [-0.1, -0.05) is 6.42 Å². The van der Waals surface area contributed by atoms with Crippen LogP contribution in [-0.2, 0) is 13.1 Å². The molecule has 1 aliphatic heterocycles. The van der Waals surface area contributed by atoms with Gasteiger partial charge in [0.05, 0.1) is 11.9 Å². The molecule has 3 heterocycles. The molecule has 6 nitrogen and oxygen atoms in total. The number of hydrogen-bond acceptors (Lipinski definition) is 5. The molecule has 1 aliphatic carbocycles. The zero-order valence-electron chi connectivity index (χ0n) is 10.9. The molecule has 0 radical (unpaired) electrons. The summed E-state index contributed by atoms with van der Waals surface area (Å²) < 4.78 is 1.65. The van der Waals surface area contributed by atoms with E-state index in [0.717, 1.165) is 30.9 Å². The Morgan fingerprint density at radius 2 is 2.16 bits per heavy atom. The minimum Gasteiger partial charge on any atom is -0.328 e. The highest BCUT2D eigenvalue weighted by Gasteiger charge is 2.32. The molecule has 19 heavy (non-hydrogen) atoms. The maximum absolute atomic E-state index is 6.09. The normalized spacial score (nSPS) is 27.8. The lowest BCUT2D eigenvalue weighted by molar-refractivity contribution is 0.146. The highest BCUT2D eigenvalue weighted by Crippen LogP contribution is 2.31. The molecule has 1 saturated carbocycles. The lowest BCUT2D eigenvalue weighted by Gasteiger charge is -2.33. The number of aromatic nitrogens is 4. The Morgan fingerprint density at radius 1 is 1.21 bits per heavy atom. The summed E-state index contributed by atoms with van der Waals surface area (Å²) >= 11 is 0. The fourth-order valence-electron chi connectivity index (χ4n) is 3.41. The standard InChI is InChI=1S/C13H18N6/c14-9-2-1-3-10(6-9)18-7-11-12(8-18)17-19-13(11)15-4-5-16-19/h4-5,9-10H,1-3,6-8,14H2. The van der Waals surface area contributed by atoms with Crippen LogP contribution in [0.3, 0.4) is 0 Å². The molecule has 2 aromatic rings. The molecule has 0 bridgehead atoms. The second kappa shape index (κ2) is 4.25. The lowest BCUT2D eigenvalue weighted by atomic mass is 9.91. The van der Waals surface area contributed by atoms with Crippen molar-refractivity contribution in [1.29, 1.82) is 0 Å². The molecule has 2 aromatic heterocycles. The average Bonchev–Trinajstić information content (AvgIpc) is 2.96. The van der Waals surface area contributed by atoms with E-state index in [2.05, 4.69) is 20.1 Å². The van der Waals surface area contributed by atoms with Crippen molar-refractivity contribution in [3.63, 3.8) is 0 Å². The van der Waals surface area contributed by atoms with Gasteiger partial charge in [0, 0.05) is 36.9 Å². The summed E-state index contributed by atoms with van der Waals surface area (Å²) in [6, 6.07) is 0.974. The van der Waals surface area contributed by atoms with Gasteiger partial charge in [-0.3, -0.25) is 4.90 Å². The maximum atomic E-state index is 6.09. The van der Waals surface area contributed by atoms with E-state index in [-0.39, 0.29) is 0 Å². The lowest BCUT2D eigenvalue weighted by Crippen LogP contribution is -2.40. The summed E-state index contributed by atoms with van der Waals surface area (Å²) in [4.78, 5) is 6.90. The maximum Gasteiger partial charge on any atom is 0.180 e. The van der Waals surface area contributed by atoms with Crippen molar-refractivity contribution in [2.75, 3.05) is 0 Å². The molecule has 2 aliphatic rings. The van der Waals surface area contributed by atoms with Gasteiger partial charge in [0.25, 0.3) is 0 Å². The number of rotatable bonds is 1. The SMILES string of the molecule is NC1CCCC(N2Cc3nn4nccnc4c3C2)C1. The first-order valence-electron chi connectivity index (χ1n) is 6.98. The summed E-state index contributed by atoms with van der Waals surface area (Å²) in [7, 11) is 0. The quantitative estimate of drug-likeness (QED) is 0.815. The molecule has 4 rings (SSSR count). The predicted molar refractivity (Wildman–Crippen MR) is 70.3 cm³/mol. The van der Waals surface area contributed by atoms with Crippen molar-refractivity contribution >= 4 is 5.65 Å². The van der Waals surface area contributed by atoms with Crippen LogP contribution in [0.15, 0.2) is 12.4 Å². The first-order chi connectivity index (χ1) is 9.31. The zero-order valence-corrected chi connectivity index (χ0v) is 10.9. The fourth-order valence-corrected chi connectivity index (χ4v) is 3.41. The highest BCUT2D eigenvalue weighted by atomic mass is 15.4. The number of fused-ring (bicyclic) bond motifs is 3. The Bertz CT molecular complexity index is 606. The molecular formula is C13H18N6. The van der Waals surface area contributed by atoms with Gasteiger partial charge < -0.3 is 5.73 Å². The minimum absolute atomic E-state index is 0.368. The van der Waals surface area contributed by atoms with E-state index < -0.39 is 0 Å². The summed E-state index contributed by atoms with van der Waals surface area (Å²) in [6.45, 7) is 1.85. The molecule has 0 spiro atoms. The van der Waals surface area contributed by atoms with Crippen molar-refractivity contribution in [1.82, 2.24) is 24.7 Å². The monoisotopic (exact) mass is 258 g/mol. The van der Waals surface area contributed by atoms with E-state index in [0.29, 0.717) is 12.1 Å². The van der Waals surface area contributed by atoms with Crippen molar-refractivity contribution in [2.24, 2.45) is 5.73 Å². The largest absolute Gasteiger partial charge is 0.328 e. The van der Waals surface area contributed by atoms with Gasteiger partial charge >= 0.3 is 0 Å². The first-order valence-corrected chi connectivity index (χ1v) is 6.98. The molecule has 100 valence electrons. The van der Waals surface area contributed by atoms with Gasteiger partial charge in [-0.2, -0.15) is 10.2 Å². The van der Waals surface area contributed by atoms with Gasteiger partial charge in [-0.15, -0.1) is 4.63 Å². The molecule has 2 atom stereocenters. The second-order valence-corrected chi connectivity index (χ2v) is 5.67. The summed E-state index contributed by atoms with van der Waals surface area (Å²) in [6.07, 6.45) is 8.20. The number of nitrogens with zero attached hydrogens (tertiary/aromatic N) is 5. The fraction of sp³-hybridized carbons (Fsp3) is 0.615. The van der Waals surface area contributed by atoms with E-state index >= 15 is 0 Å². The van der Waals surface area contributed by atoms with E-state index in [1.807, 2.05) is 0 Å². The van der Waals surface area contributed by atoms with E-state index in [1.165, 1.54) is 24.8 Å². The van der Waals surface area contributed by atoms with Crippen molar-refractivity contribution in [3.8, 4) is 0 Å². The Kier molecular flexibility index (Phi) is 2.53. The van der Waals surface area contributed by atoms with E-state index in [1.54, 1.807) is 17.0 Å². The van der Waals surface area contributed by atoms with Crippen LogP contribution in [0, 0.1) is 0 Å². The second-order valence-electron chi connectivity index (χ2n) is 5.67. The Hall–Kier alpha value is -1.53. The Morgan fingerprint density at radius 3 is 3.05 bits per heavy atom. The average molecular weight is 258 g/mol. The van der Waals surface area contributed by atoms with Crippen molar-refractivity contribution in [2.45, 2.75) is 50.9 Å². The third kappa shape index (κ3) is 1.82. The van der Waals surface area contributed by atoms with Gasteiger partial charge in [0.2, 0.25) is 0 Å². The van der Waals surface area contributed by atoms with Crippen LogP contribution in [0.2, 0.25) is 0 Å². The summed E-state index contributed by atoms with van der Waals surface area (Å²) in [5.41, 5.74) is 9.37. The van der Waals surface area contributed by atoms with Crippen LogP contribution in [-0.4, -0.2) is 36.8 Å². The third-order valence-corrected chi connectivity index (χ3v) is 4.38. The Balaban J connectivity index is 1.60.